The maximum absolute atomic E-state index is 14.3. The molecule has 4 rings (SSSR count). The van der Waals surface area contributed by atoms with E-state index in [1.807, 2.05) is 39.0 Å². The molecule has 10 heteroatoms. The van der Waals surface area contributed by atoms with Crippen molar-refractivity contribution >= 4 is 50.1 Å². The molecule has 1 aromatic carbocycles. The number of carbonyl (C=O) groups is 3. The molecule has 2 aliphatic rings. The van der Waals surface area contributed by atoms with Crippen molar-refractivity contribution < 1.29 is 19.1 Å². The van der Waals surface area contributed by atoms with Gasteiger partial charge in [0.2, 0.25) is 0 Å². The smallest absolute Gasteiger partial charge is 0.319 e. The van der Waals surface area contributed by atoms with E-state index in [-0.39, 0.29) is 17.7 Å². The minimum Gasteiger partial charge on any atom is -0.495 e. The first-order valence-corrected chi connectivity index (χ1v) is 12.0. The average molecular weight is 472 g/mol. The number of rotatable bonds is 5. The topological polar surface area (TPSA) is 112 Å². The van der Waals surface area contributed by atoms with Crippen LogP contribution in [0.2, 0.25) is 0 Å². The van der Waals surface area contributed by atoms with Gasteiger partial charge in [-0.15, -0.1) is 11.3 Å². The first kappa shape index (κ1) is 23.2. The zero-order valence-electron chi connectivity index (χ0n) is 19.3. The summed E-state index contributed by atoms with van der Waals surface area (Å²) in [5.41, 5.74) is -0.654. The van der Waals surface area contributed by atoms with Crippen LogP contribution >= 0.6 is 11.3 Å². The highest BCUT2D eigenvalue weighted by atomic mass is 32.1. The minimum atomic E-state index is -1.00. The fourth-order valence-electron chi connectivity index (χ4n) is 4.51. The second-order valence-electron chi connectivity index (χ2n) is 8.48. The molecule has 2 aromatic rings. The molecular weight excluding hydrogens is 442 g/mol. The second kappa shape index (κ2) is 9.11. The summed E-state index contributed by atoms with van der Waals surface area (Å²) in [4.78, 5) is 45.8. The number of fused-ring (bicyclic) bond motifs is 1. The van der Waals surface area contributed by atoms with E-state index in [4.69, 9.17) is 4.74 Å². The normalized spacial score (nSPS) is 17.5. The van der Waals surface area contributed by atoms with Gasteiger partial charge in [0, 0.05) is 17.8 Å². The average Bonchev–Trinajstić information content (AvgIpc) is 3.29. The molecule has 0 atom stereocenters. The van der Waals surface area contributed by atoms with Crippen molar-refractivity contribution in [1.82, 2.24) is 15.5 Å². The number of hydrogen-bond donors (Lipinski definition) is 3. The van der Waals surface area contributed by atoms with E-state index >= 15 is 0 Å². The summed E-state index contributed by atoms with van der Waals surface area (Å²) in [6.07, 6.45) is 0.976. The van der Waals surface area contributed by atoms with Crippen molar-refractivity contribution in [3.8, 4) is 5.75 Å². The lowest BCUT2D eigenvalue weighted by Crippen LogP contribution is -2.59. The van der Waals surface area contributed by atoms with Crippen LogP contribution in [0.25, 0.3) is 10.1 Å². The lowest BCUT2D eigenvalue weighted by molar-refractivity contribution is -0.126. The summed E-state index contributed by atoms with van der Waals surface area (Å²) in [6.45, 7) is 7.37. The Bertz CT molecular complexity index is 1130. The van der Waals surface area contributed by atoms with Crippen LogP contribution in [0.5, 0.6) is 5.75 Å². The number of amides is 4. The number of carbonyl (C=O) groups excluding carboxylic acids is 3. The number of piperidine rings is 1. The number of nitrogens with zero attached hydrogens (tertiary/aromatic N) is 2. The van der Waals surface area contributed by atoms with E-state index in [1.54, 1.807) is 12.0 Å². The van der Waals surface area contributed by atoms with Crippen LogP contribution < -0.4 is 20.7 Å². The molecule has 0 bridgehead atoms. The van der Waals surface area contributed by atoms with Gasteiger partial charge in [0.15, 0.2) is 0 Å². The third-order valence-corrected chi connectivity index (χ3v) is 7.23. The lowest BCUT2D eigenvalue weighted by Gasteiger charge is -2.40. The number of hydrogen-bond acceptors (Lipinski definition) is 6. The summed E-state index contributed by atoms with van der Waals surface area (Å²) in [5.74, 6) is 0.365. The molecule has 1 fully saturated rings. The fraction of sp³-hybridized carbons (Fsp3) is 0.478. The van der Waals surface area contributed by atoms with Crippen LogP contribution in [-0.2, 0) is 4.79 Å². The summed E-state index contributed by atoms with van der Waals surface area (Å²) in [5, 5.41) is 9.89. The molecule has 2 aliphatic heterocycles. The molecule has 9 nitrogen and oxygen atoms in total. The molecule has 33 heavy (non-hydrogen) atoms. The standard InChI is InChI=1S/C23H29N5O4S/c1-5-25-22(31)27-19-16(14-7-6-8-15(32-4)17(14)33-19)20(29)28-18(13(2)3)26-21(30)23(28)9-11-24-12-10-23/h6-8,13,24H,5,9-12H2,1-4H3,(H2,25,27,31). The zero-order valence-corrected chi connectivity index (χ0v) is 20.1. The molecule has 176 valence electrons. The molecule has 1 spiro atoms. The van der Waals surface area contributed by atoms with Gasteiger partial charge >= 0.3 is 6.03 Å². The van der Waals surface area contributed by atoms with Crippen molar-refractivity contribution in [2.45, 2.75) is 39.2 Å². The molecule has 0 radical (unpaired) electrons. The third kappa shape index (κ3) is 3.87. The zero-order chi connectivity index (χ0) is 23.8. The molecule has 1 aromatic heterocycles. The second-order valence-corrected chi connectivity index (χ2v) is 9.50. The minimum absolute atomic E-state index is 0.119. The Labute approximate surface area is 196 Å². The van der Waals surface area contributed by atoms with Crippen LogP contribution in [0.15, 0.2) is 23.2 Å². The Morgan fingerprint density at radius 3 is 2.67 bits per heavy atom. The highest BCUT2D eigenvalue weighted by molar-refractivity contribution is 7.24. The summed E-state index contributed by atoms with van der Waals surface area (Å²) in [7, 11) is 1.57. The Balaban J connectivity index is 1.89. The van der Waals surface area contributed by atoms with Crippen molar-refractivity contribution in [3.05, 3.63) is 23.8 Å². The monoisotopic (exact) mass is 471 g/mol. The highest BCUT2D eigenvalue weighted by Crippen LogP contribution is 2.44. The van der Waals surface area contributed by atoms with Gasteiger partial charge < -0.3 is 15.4 Å². The number of methoxy groups -OCH3 is 1. The molecular formula is C23H29N5O4S. The number of urea groups is 1. The van der Waals surface area contributed by atoms with E-state index in [1.165, 1.54) is 11.3 Å². The van der Waals surface area contributed by atoms with Gasteiger partial charge in [-0.1, -0.05) is 26.0 Å². The third-order valence-electron chi connectivity index (χ3n) is 6.10. The Morgan fingerprint density at radius 2 is 2.03 bits per heavy atom. The number of aliphatic imine (C=N–C) groups is 1. The van der Waals surface area contributed by atoms with Gasteiger partial charge in [-0.05, 0) is 38.9 Å². The molecule has 0 unspecified atom stereocenters. The molecule has 0 saturated carbocycles. The van der Waals surface area contributed by atoms with Gasteiger partial charge in [-0.25, -0.2) is 4.79 Å². The Hall–Kier alpha value is -2.98. The number of anilines is 1. The summed E-state index contributed by atoms with van der Waals surface area (Å²) < 4.78 is 6.26. The van der Waals surface area contributed by atoms with Crippen LogP contribution in [0.4, 0.5) is 9.80 Å². The number of ether oxygens (including phenoxy) is 1. The van der Waals surface area contributed by atoms with Crippen LogP contribution in [0, 0.1) is 5.92 Å². The maximum atomic E-state index is 14.3. The van der Waals surface area contributed by atoms with Crippen molar-refractivity contribution in [3.63, 3.8) is 0 Å². The van der Waals surface area contributed by atoms with Crippen molar-refractivity contribution in [2.24, 2.45) is 10.9 Å². The van der Waals surface area contributed by atoms with Crippen LogP contribution in [0.3, 0.4) is 0 Å². The molecule has 0 aliphatic carbocycles. The van der Waals surface area contributed by atoms with E-state index in [9.17, 15) is 14.4 Å². The van der Waals surface area contributed by atoms with Crippen LogP contribution in [-0.4, -0.2) is 60.9 Å². The number of amidine groups is 1. The van der Waals surface area contributed by atoms with Gasteiger partial charge in [0.1, 0.15) is 22.1 Å². The molecule has 1 saturated heterocycles. The van der Waals surface area contributed by atoms with E-state index < -0.39 is 11.6 Å². The van der Waals surface area contributed by atoms with Crippen LogP contribution in [0.1, 0.15) is 44.0 Å². The molecule has 3 heterocycles. The molecule has 3 N–H and O–H groups in total. The van der Waals surface area contributed by atoms with Gasteiger partial charge in [-0.3, -0.25) is 19.8 Å². The first-order chi connectivity index (χ1) is 15.8. The molecule has 4 amide bonds. The summed E-state index contributed by atoms with van der Waals surface area (Å²) in [6, 6.07) is 5.07. The number of nitrogens with one attached hydrogen (secondary N) is 3. The number of benzene rings is 1. The van der Waals surface area contributed by atoms with E-state index in [0.717, 1.165) is 4.70 Å². The largest absolute Gasteiger partial charge is 0.495 e. The summed E-state index contributed by atoms with van der Waals surface area (Å²) >= 11 is 1.28. The Kier molecular flexibility index (Phi) is 6.40. The predicted octanol–water partition coefficient (Wildman–Crippen LogP) is 3.21. The number of thiophene rings is 1. The van der Waals surface area contributed by atoms with Gasteiger partial charge in [0.25, 0.3) is 11.8 Å². The first-order valence-electron chi connectivity index (χ1n) is 11.2. The SMILES string of the molecule is CCNC(=O)Nc1sc2c(OC)cccc2c1C(=O)N1C(C(C)C)=NC(=O)C12CCNCC2. The lowest BCUT2D eigenvalue weighted by atomic mass is 9.85. The van der Waals surface area contributed by atoms with Gasteiger partial charge in [0.05, 0.1) is 17.4 Å². The van der Waals surface area contributed by atoms with Crippen molar-refractivity contribution in [1.29, 1.82) is 0 Å². The van der Waals surface area contributed by atoms with Gasteiger partial charge in [-0.2, -0.15) is 4.99 Å². The van der Waals surface area contributed by atoms with Crippen molar-refractivity contribution in [2.75, 3.05) is 32.1 Å². The highest BCUT2D eigenvalue weighted by Gasteiger charge is 2.54. The van der Waals surface area contributed by atoms with E-state index in [2.05, 4.69) is 20.9 Å². The fourth-order valence-corrected chi connectivity index (χ4v) is 5.69. The quantitative estimate of drug-likeness (QED) is 0.620. The Morgan fingerprint density at radius 1 is 1.30 bits per heavy atom. The maximum Gasteiger partial charge on any atom is 0.319 e. The van der Waals surface area contributed by atoms with E-state index in [0.29, 0.717) is 60.0 Å². The predicted molar refractivity (Wildman–Crippen MR) is 129 cm³/mol.